The summed E-state index contributed by atoms with van der Waals surface area (Å²) in [5, 5.41) is 5.78. The molecule has 0 aliphatic heterocycles. The summed E-state index contributed by atoms with van der Waals surface area (Å²) in [7, 11) is -3.23. The average Bonchev–Trinajstić information content (AvgIpc) is 2.59. The molecule has 0 saturated heterocycles. The minimum atomic E-state index is -3.23. The van der Waals surface area contributed by atoms with Crippen molar-refractivity contribution < 1.29 is 18.0 Å². The first-order valence-corrected chi connectivity index (χ1v) is 12.2. The number of amides is 2. The Kier molecular flexibility index (Phi) is 8.48. The van der Waals surface area contributed by atoms with E-state index < -0.39 is 15.9 Å². The molecule has 6 nitrogen and oxygen atoms in total. The first kappa shape index (κ1) is 22.4. The maximum atomic E-state index is 12.8. The van der Waals surface area contributed by atoms with Crippen molar-refractivity contribution in [1.29, 1.82) is 0 Å². The Balaban J connectivity index is 2.06. The molecule has 0 radical (unpaired) electrons. The molecule has 0 heterocycles. The van der Waals surface area contributed by atoms with Gasteiger partial charge in [0.15, 0.2) is 0 Å². The molecular weight excluding hydrogens is 376 g/mol. The van der Waals surface area contributed by atoms with E-state index in [0.29, 0.717) is 5.56 Å². The number of nitrogens with one attached hydrogen (secondary N) is 2. The van der Waals surface area contributed by atoms with Crippen molar-refractivity contribution in [3.8, 4) is 0 Å². The maximum absolute atomic E-state index is 12.8. The van der Waals surface area contributed by atoms with Gasteiger partial charge in [-0.05, 0) is 38.3 Å². The number of carbonyl (C=O) groups is 2. The van der Waals surface area contributed by atoms with Crippen LogP contribution < -0.4 is 10.6 Å². The SMILES string of the molecule is Cc1cccc(C(=O)N[C@@H](CCS(C)(=O)=O)C(=O)NC2CCCCCCC2)c1. The molecule has 1 saturated carbocycles. The van der Waals surface area contributed by atoms with Crippen LogP contribution in [0.2, 0.25) is 0 Å². The Morgan fingerprint density at radius 3 is 2.36 bits per heavy atom. The predicted octanol–water partition coefficient (Wildman–Crippen LogP) is 2.76. The molecule has 0 aromatic heterocycles. The van der Waals surface area contributed by atoms with Crippen LogP contribution in [0.15, 0.2) is 24.3 Å². The van der Waals surface area contributed by atoms with E-state index in [1.54, 1.807) is 18.2 Å². The van der Waals surface area contributed by atoms with Gasteiger partial charge in [-0.1, -0.05) is 49.8 Å². The van der Waals surface area contributed by atoms with E-state index >= 15 is 0 Å². The molecule has 156 valence electrons. The van der Waals surface area contributed by atoms with E-state index in [2.05, 4.69) is 10.6 Å². The summed E-state index contributed by atoms with van der Waals surface area (Å²) in [6.07, 6.45) is 8.80. The van der Waals surface area contributed by atoms with Gasteiger partial charge >= 0.3 is 0 Å². The van der Waals surface area contributed by atoms with Gasteiger partial charge < -0.3 is 10.6 Å². The second-order valence-corrected chi connectivity index (χ2v) is 10.1. The highest BCUT2D eigenvalue weighted by Gasteiger charge is 2.25. The van der Waals surface area contributed by atoms with E-state index in [1.165, 1.54) is 19.3 Å². The molecule has 1 fully saturated rings. The van der Waals surface area contributed by atoms with Gasteiger partial charge in [0.25, 0.3) is 5.91 Å². The predicted molar refractivity (Wildman–Crippen MR) is 111 cm³/mol. The zero-order chi connectivity index (χ0) is 20.6. The van der Waals surface area contributed by atoms with Crippen LogP contribution in [0.1, 0.15) is 67.3 Å². The van der Waals surface area contributed by atoms with Gasteiger partial charge in [0.2, 0.25) is 5.91 Å². The van der Waals surface area contributed by atoms with Gasteiger partial charge in [-0.25, -0.2) is 8.42 Å². The molecule has 1 aromatic rings. The molecule has 7 heteroatoms. The maximum Gasteiger partial charge on any atom is 0.251 e. The van der Waals surface area contributed by atoms with E-state index in [1.807, 2.05) is 13.0 Å². The summed E-state index contributed by atoms with van der Waals surface area (Å²) in [6.45, 7) is 1.89. The Morgan fingerprint density at radius 1 is 1.11 bits per heavy atom. The van der Waals surface area contributed by atoms with E-state index in [0.717, 1.165) is 37.5 Å². The van der Waals surface area contributed by atoms with E-state index in [4.69, 9.17) is 0 Å². The summed E-state index contributed by atoms with van der Waals surface area (Å²) < 4.78 is 23.2. The third kappa shape index (κ3) is 8.00. The van der Waals surface area contributed by atoms with Crippen LogP contribution in [-0.2, 0) is 14.6 Å². The van der Waals surface area contributed by atoms with E-state index in [9.17, 15) is 18.0 Å². The third-order valence-electron chi connectivity index (χ3n) is 5.13. The van der Waals surface area contributed by atoms with Gasteiger partial charge in [0.05, 0.1) is 5.75 Å². The normalized spacial score (nSPS) is 17.2. The molecule has 1 aliphatic rings. The zero-order valence-electron chi connectivity index (χ0n) is 16.9. The average molecular weight is 409 g/mol. The van der Waals surface area contributed by atoms with Crippen LogP contribution >= 0.6 is 0 Å². The lowest BCUT2D eigenvalue weighted by molar-refractivity contribution is -0.123. The van der Waals surface area contributed by atoms with Crippen LogP contribution in [0.4, 0.5) is 0 Å². The summed E-state index contributed by atoms with van der Waals surface area (Å²) in [4.78, 5) is 25.4. The van der Waals surface area contributed by atoms with Crippen LogP contribution in [0.5, 0.6) is 0 Å². The summed E-state index contributed by atoms with van der Waals surface area (Å²) >= 11 is 0. The quantitative estimate of drug-likeness (QED) is 0.726. The first-order chi connectivity index (χ1) is 13.2. The van der Waals surface area contributed by atoms with Crippen molar-refractivity contribution in [3.05, 3.63) is 35.4 Å². The summed E-state index contributed by atoms with van der Waals surface area (Å²) in [6, 6.07) is 6.32. The molecule has 1 atom stereocenters. The number of sulfone groups is 1. The van der Waals surface area contributed by atoms with Gasteiger partial charge in [-0.3, -0.25) is 9.59 Å². The summed E-state index contributed by atoms with van der Waals surface area (Å²) in [5.41, 5.74) is 1.41. The van der Waals surface area contributed by atoms with Crippen molar-refractivity contribution in [3.63, 3.8) is 0 Å². The highest BCUT2D eigenvalue weighted by atomic mass is 32.2. The van der Waals surface area contributed by atoms with E-state index in [-0.39, 0.29) is 30.0 Å². The lowest BCUT2D eigenvalue weighted by Crippen LogP contribution is -2.50. The Labute approximate surface area is 168 Å². The van der Waals surface area contributed by atoms with Crippen molar-refractivity contribution >= 4 is 21.7 Å². The molecule has 0 unspecified atom stereocenters. The monoisotopic (exact) mass is 408 g/mol. The minimum absolute atomic E-state index is 0.0644. The molecule has 1 aromatic carbocycles. The lowest BCUT2D eigenvalue weighted by atomic mass is 9.96. The number of hydrogen-bond donors (Lipinski definition) is 2. The second kappa shape index (κ2) is 10.6. The molecule has 2 N–H and O–H groups in total. The third-order valence-corrected chi connectivity index (χ3v) is 6.11. The number of rotatable bonds is 7. The second-order valence-electron chi connectivity index (χ2n) is 7.86. The molecular formula is C21H32N2O4S. The van der Waals surface area contributed by atoms with Crippen molar-refractivity contribution in [2.24, 2.45) is 0 Å². The van der Waals surface area contributed by atoms with Crippen molar-refractivity contribution in [2.75, 3.05) is 12.0 Å². The zero-order valence-corrected chi connectivity index (χ0v) is 17.7. The topological polar surface area (TPSA) is 92.3 Å². The highest BCUT2D eigenvalue weighted by Crippen LogP contribution is 2.17. The summed E-state index contributed by atoms with van der Waals surface area (Å²) in [5.74, 6) is -0.811. The highest BCUT2D eigenvalue weighted by molar-refractivity contribution is 7.90. The Morgan fingerprint density at radius 2 is 1.75 bits per heavy atom. The van der Waals surface area contributed by atoms with Crippen molar-refractivity contribution in [2.45, 2.75) is 70.4 Å². The Bertz CT molecular complexity index is 768. The first-order valence-electron chi connectivity index (χ1n) is 10.1. The van der Waals surface area contributed by atoms with Crippen molar-refractivity contribution in [1.82, 2.24) is 10.6 Å². The van der Waals surface area contributed by atoms with Gasteiger partial charge in [-0.15, -0.1) is 0 Å². The minimum Gasteiger partial charge on any atom is -0.352 e. The van der Waals surface area contributed by atoms with Gasteiger partial charge in [-0.2, -0.15) is 0 Å². The number of carbonyl (C=O) groups excluding carboxylic acids is 2. The fraction of sp³-hybridized carbons (Fsp3) is 0.619. The fourth-order valence-corrected chi connectivity index (χ4v) is 4.19. The molecule has 0 spiro atoms. The van der Waals surface area contributed by atoms with Gasteiger partial charge in [0.1, 0.15) is 15.9 Å². The molecule has 28 heavy (non-hydrogen) atoms. The van der Waals surface area contributed by atoms with Crippen LogP contribution in [0.25, 0.3) is 0 Å². The van der Waals surface area contributed by atoms with Crippen LogP contribution in [-0.4, -0.2) is 44.3 Å². The lowest BCUT2D eigenvalue weighted by Gasteiger charge is -2.25. The van der Waals surface area contributed by atoms with Crippen LogP contribution in [0.3, 0.4) is 0 Å². The standard InChI is InChI=1S/C21H32N2O4S/c1-16-9-8-10-17(15-16)20(24)23-19(13-14-28(2,26)27)21(25)22-18-11-6-4-3-5-7-12-18/h8-10,15,18-19H,3-7,11-14H2,1-2H3,(H,22,25)(H,23,24)/t19-/m0/s1. The van der Waals surface area contributed by atoms with Gasteiger partial charge in [0, 0.05) is 17.9 Å². The molecule has 2 rings (SSSR count). The molecule has 1 aliphatic carbocycles. The number of hydrogen-bond acceptors (Lipinski definition) is 4. The molecule has 0 bridgehead atoms. The van der Waals surface area contributed by atoms with Crippen LogP contribution in [0, 0.1) is 6.92 Å². The Hall–Kier alpha value is -1.89. The largest absolute Gasteiger partial charge is 0.352 e. The number of aryl methyl sites for hydroxylation is 1. The molecule has 2 amide bonds. The smallest absolute Gasteiger partial charge is 0.251 e. The fourth-order valence-electron chi connectivity index (χ4n) is 3.53. The number of benzene rings is 1.